The van der Waals surface area contributed by atoms with Gasteiger partial charge in [-0.25, -0.2) is 4.98 Å². The molecule has 0 unspecified atom stereocenters. The van der Waals surface area contributed by atoms with Gasteiger partial charge in [0.2, 0.25) is 0 Å². The van der Waals surface area contributed by atoms with Gasteiger partial charge in [-0.3, -0.25) is 4.57 Å². The maximum absolute atomic E-state index is 8.91. The summed E-state index contributed by atoms with van der Waals surface area (Å²) in [6.45, 7) is 2.09. The van der Waals surface area contributed by atoms with Gasteiger partial charge in [0.1, 0.15) is 5.82 Å². The van der Waals surface area contributed by atoms with E-state index in [1.807, 2.05) is 66.7 Å². The summed E-state index contributed by atoms with van der Waals surface area (Å²) in [6, 6.07) is 32.7. The van der Waals surface area contributed by atoms with Crippen LogP contribution in [0.25, 0.3) is 82.8 Å². The van der Waals surface area contributed by atoms with E-state index < -0.39 is 60.4 Å². The molecule has 0 aliphatic rings. The Morgan fingerprint density at radius 2 is 1.00 bits per heavy atom. The van der Waals surface area contributed by atoms with Crippen LogP contribution >= 0.6 is 0 Å². The Morgan fingerprint density at radius 3 is 1.59 bits per heavy atom. The third-order valence-electron chi connectivity index (χ3n) is 9.09. The zero-order valence-electron chi connectivity index (χ0n) is 36.6. The van der Waals surface area contributed by atoms with Gasteiger partial charge >= 0.3 is 0 Å². The van der Waals surface area contributed by atoms with E-state index in [-0.39, 0.29) is 22.3 Å². The number of aromatic nitrogens is 2. The maximum Gasteiger partial charge on any atom is 0.114 e. The van der Waals surface area contributed by atoms with Crippen molar-refractivity contribution in [1.82, 2.24) is 9.55 Å². The Kier molecular flexibility index (Phi) is 4.98. The minimum absolute atomic E-state index is 0.0649. The summed E-state index contributed by atoms with van der Waals surface area (Å²) in [5, 5.41) is 3.56. The van der Waals surface area contributed by atoms with Crippen LogP contribution in [-0.2, 0) is 6.42 Å². The zero-order valence-corrected chi connectivity index (χ0v) is 26.6. The minimum Gasteiger partial charge on any atom is -0.296 e. The fourth-order valence-corrected chi connectivity index (χ4v) is 7.04. The Balaban J connectivity index is 1.41. The largest absolute Gasteiger partial charge is 0.296 e. The number of rotatable bonds is 6. The van der Waals surface area contributed by atoms with Crippen LogP contribution in [0.1, 0.15) is 26.5 Å². The molecule has 0 amide bonds. The van der Waals surface area contributed by atoms with Crippen LogP contribution in [0.2, 0.25) is 0 Å². The number of nitrogens with zero attached hydrogens (tertiary/aromatic N) is 2. The van der Waals surface area contributed by atoms with E-state index in [0.717, 1.165) is 60.8 Å². The van der Waals surface area contributed by atoms with Gasteiger partial charge in [-0.05, 0) is 96.9 Å². The van der Waals surface area contributed by atoms with Crippen LogP contribution in [0.15, 0.2) is 176 Å². The molecule has 0 saturated heterocycles. The van der Waals surface area contributed by atoms with Crippen molar-refractivity contribution in [3.63, 3.8) is 0 Å². The van der Waals surface area contributed by atoms with Gasteiger partial charge in [0.15, 0.2) is 0 Å². The van der Waals surface area contributed by atoms with Crippen molar-refractivity contribution in [1.29, 1.82) is 0 Å². The van der Waals surface area contributed by atoms with Crippen molar-refractivity contribution in [3.8, 4) is 50.2 Å². The van der Waals surface area contributed by atoms with E-state index in [1.54, 1.807) is 18.2 Å². The Hall–Kier alpha value is -6.25. The number of benzene rings is 8. The molecule has 232 valence electrons. The van der Waals surface area contributed by atoms with E-state index in [1.165, 1.54) is 0 Å². The molecule has 0 atom stereocenters. The summed E-state index contributed by atoms with van der Waals surface area (Å²) < 4.78 is 88.3. The van der Waals surface area contributed by atoms with E-state index in [0.29, 0.717) is 12.0 Å². The molecule has 49 heavy (non-hydrogen) atoms. The van der Waals surface area contributed by atoms with Gasteiger partial charge in [0, 0.05) is 12.0 Å². The molecule has 1 aromatic heterocycles. The van der Waals surface area contributed by atoms with Crippen molar-refractivity contribution in [2.24, 2.45) is 0 Å². The third kappa shape index (κ3) is 4.92. The smallest absolute Gasteiger partial charge is 0.114 e. The highest BCUT2D eigenvalue weighted by atomic mass is 15.1. The third-order valence-corrected chi connectivity index (χ3v) is 9.09. The summed E-state index contributed by atoms with van der Waals surface area (Å²) in [6.07, 6.45) is 0.712. The van der Waals surface area contributed by atoms with Crippen molar-refractivity contribution >= 4 is 32.6 Å². The van der Waals surface area contributed by atoms with Crippen LogP contribution in [0.4, 0.5) is 0 Å². The molecule has 0 spiro atoms. The summed E-state index contributed by atoms with van der Waals surface area (Å²) >= 11 is 0. The van der Waals surface area contributed by atoms with Gasteiger partial charge in [0.05, 0.1) is 30.4 Å². The standard InChI is InChI=1S/C47H34N2/c1-2-45-48-42-26-14-16-28-44(42)49(45)43-27-15-13-25-41(43)47-39-23-11-9-21-37(39)46(38-22-10-12-24-40(38)47)36-30-34(32-17-5-3-6-18-32)29-35(31-36)33-19-7-4-8-20-33/h3-31H,2H2,1H3/i3D,4D,5D,6D,7D,8D,17D,18D,19D,20D. The van der Waals surface area contributed by atoms with Gasteiger partial charge in [-0.1, -0.05) is 146 Å². The molecule has 0 fully saturated rings. The second-order valence-corrected chi connectivity index (χ2v) is 11.9. The minimum atomic E-state index is -0.534. The molecule has 0 radical (unpaired) electrons. The summed E-state index contributed by atoms with van der Waals surface area (Å²) in [7, 11) is 0. The molecule has 2 heteroatoms. The highest BCUT2D eigenvalue weighted by molar-refractivity contribution is 6.22. The highest BCUT2D eigenvalue weighted by Crippen LogP contribution is 2.46. The van der Waals surface area contributed by atoms with Crippen molar-refractivity contribution in [2.45, 2.75) is 13.3 Å². The summed E-state index contributed by atoms with van der Waals surface area (Å²) in [5.41, 5.74) is 6.51. The highest BCUT2D eigenvalue weighted by Gasteiger charge is 2.21. The van der Waals surface area contributed by atoms with Crippen LogP contribution < -0.4 is 0 Å². The number of para-hydroxylation sites is 3. The molecule has 0 N–H and O–H groups in total. The lowest BCUT2D eigenvalue weighted by Crippen LogP contribution is -2.03. The fraction of sp³-hybridized carbons (Fsp3) is 0.0426. The topological polar surface area (TPSA) is 17.8 Å². The summed E-state index contributed by atoms with van der Waals surface area (Å²) in [5.74, 6) is 0.925. The predicted octanol–water partition coefficient (Wildman–Crippen LogP) is 12.6. The van der Waals surface area contributed by atoms with E-state index >= 15 is 0 Å². The van der Waals surface area contributed by atoms with Crippen molar-refractivity contribution in [3.05, 3.63) is 182 Å². The van der Waals surface area contributed by atoms with E-state index in [4.69, 9.17) is 18.7 Å². The predicted molar refractivity (Wildman–Crippen MR) is 207 cm³/mol. The van der Waals surface area contributed by atoms with E-state index in [9.17, 15) is 0 Å². The quantitative estimate of drug-likeness (QED) is 0.166. The van der Waals surface area contributed by atoms with Gasteiger partial charge in [-0.2, -0.15) is 0 Å². The first-order chi connectivity index (χ1) is 28.4. The number of hydrogen-bond acceptors (Lipinski definition) is 1. The molecule has 9 rings (SSSR count). The first-order valence-corrected chi connectivity index (χ1v) is 16.2. The van der Waals surface area contributed by atoms with Crippen LogP contribution in [0, 0.1) is 0 Å². The average molecular weight is 637 g/mol. The molecular formula is C47H34N2. The molecule has 0 aliphatic carbocycles. The molecule has 0 bridgehead atoms. The lowest BCUT2D eigenvalue weighted by atomic mass is 9.84. The normalized spacial score (nSPS) is 14.3. The lowest BCUT2D eigenvalue weighted by Gasteiger charge is -2.21. The zero-order chi connectivity index (χ0) is 41.4. The molecule has 0 saturated carbocycles. The first kappa shape index (κ1) is 20.2. The number of hydrogen-bond donors (Lipinski definition) is 0. The Labute approximate surface area is 300 Å². The summed E-state index contributed by atoms with van der Waals surface area (Å²) in [4.78, 5) is 4.98. The van der Waals surface area contributed by atoms with Crippen molar-refractivity contribution < 1.29 is 13.7 Å². The fourth-order valence-electron chi connectivity index (χ4n) is 7.04. The Bertz CT molecular complexity index is 3020. The monoisotopic (exact) mass is 636 g/mol. The Morgan fingerprint density at radius 1 is 0.510 bits per heavy atom. The molecule has 8 aromatic carbocycles. The average Bonchev–Trinajstić information content (AvgIpc) is 3.64. The molecular weight excluding hydrogens is 593 g/mol. The molecule has 1 heterocycles. The second-order valence-electron chi connectivity index (χ2n) is 11.9. The second kappa shape index (κ2) is 12.1. The number of imidazole rings is 1. The SMILES string of the molecule is [2H]c1c([2H])c([2H])c(-c2cc(-c3c([2H])c([2H])c([2H])c([2H])c3[2H])cc(-c3c4ccccc4c(-c4ccccc4-n4c(CC)nc5ccccc54)c4ccccc34)c2)c([2H])c1[2H]. The van der Waals surface area contributed by atoms with Crippen LogP contribution in [0.3, 0.4) is 0 Å². The lowest BCUT2D eigenvalue weighted by molar-refractivity contribution is 0.909. The molecule has 9 aromatic rings. The number of fused-ring (bicyclic) bond motifs is 3. The van der Waals surface area contributed by atoms with Crippen LogP contribution in [-0.4, -0.2) is 9.55 Å². The maximum atomic E-state index is 8.91. The van der Waals surface area contributed by atoms with Gasteiger partial charge in [0.25, 0.3) is 0 Å². The first-order valence-electron chi connectivity index (χ1n) is 21.2. The number of aryl methyl sites for hydroxylation is 1. The van der Waals surface area contributed by atoms with Gasteiger partial charge in [-0.15, -0.1) is 0 Å². The van der Waals surface area contributed by atoms with Gasteiger partial charge < -0.3 is 0 Å². The van der Waals surface area contributed by atoms with Crippen molar-refractivity contribution in [2.75, 3.05) is 0 Å². The van der Waals surface area contributed by atoms with Crippen LogP contribution in [0.5, 0.6) is 0 Å². The molecule has 0 aliphatic heterocycles. The van der Waals surface area contributed by atoms with E-state index in [2.05, 4.69) is 41.8 Å². The molecule has 2 nitrogen and oxygen atoms in total.